The summed E-state index contributed by atoms with van der Waals surface area (Å²) in [6, 6.07) is 7.91. The second kappa shape index (κ2) is 8.01. The molecular formula is C20H17ClN10O. The summed E-state index contributed by atoms with van der Waals surface area (Å²) < 4.78 is 1.36. The fourth-order valence-corrected chi connectivity index (χ4v) is 3.54. The van der Waals surface area contributed by atoms with Crippen LogP contribution >= 0.6 is 11.6 Å². The topological polar surface area (TPSA) is 187 Å². The molecule has 4 rings (SSSR count). The Morgan fingerprint density at radius 1 is 1.19 bits per heavy atom. The standard InChI is InChI=1S/C20H17ClN10O/c1-9(27-17-12(6-22)16(24)29-20(25)30-17)18-28-14-4-2-3-13(21)15(14)19(32)31(18)11-5-10(23)7-26-8-11/h2-5,7-9H,23H2,1H3,(H5,24,25,27,29,30)/t9-/m0/s1. The molecular weight excluding hydrogens is 432 g/mol. The minimum absolute atomic E-state index is 0.0226. The van der Waals surface area contributed by atoms with Crippen LogP contribution in [0.25, 0.3) is 16.6 Å². The minimum atomic E-state index is -0.631. The molecule has 0 amide bonds. The molecule has 12 heteroatoms. The third-order valence-electron chi connectivity index (χ3n) is 4.68. The second-order valence-electron chi connectivity index (χ2n) is 6.89. The SMILES string of the molecule is C[C@H](Nc1nc(N)nc(N)c1C#N)c1nc2cccc(Cl)c2c(=O)n1-c1cncc(N)c1. The van der Waals surface area contributed by atoms with Gasteiger partial charge >= 0.3 is 0 Å². The number of nitrogens with zero attached hydrogens (tertiary/aromatic N) is 6. The van der Waals surface area contributed by atoms with Crippen LogP contribution in [0, 0.1) is 11.3 Å². The predicted octanol–water partition coefficient (Wildman–Crippen LogP) is 2.02. The van der Waals surface area contributed by atoms with Crippen molar-refractivity contribution in [1.29, 1.82) is 5.26 Å². The first-order chi connectivity index (χ1) is 15.3. The highest BCUT2D eigenvalue weighted by Gasteiger charge is 2.22. The summed E-state index contributed by atoms with van der Waals surface area (Å²) in [6.45, 7) is 1.74. The van der Waals surface area contributed by atoms with Gasteiger partial charge in [0, 0.05) is 6.20 Å². The zero-order valence-corrected chi connectivity index (χ0v) is 17.5. The summed E-state index contributed by atoms with van der Waals surface area (Å²) in [7, 11) is 0. The number of nitrogens with two attached hydrogens (primary N) is 3. The molecule has 0 saturated heterocycles. The molecule has 0 saturated carbocycles. The van der Waals surface area contributed by atoms with Crippen LogP contribution in [0.4, 0.5) is 23.3 Å². The number of aromatic nitrogens is 5. The molecule has 1 aromatic carbocycles. The normalized spacial score (nSPS) is 11.8. The fourth-order valence-electron chi connectivity index (χ4n) is 3.29. The molecule has 32 heavy (non-hydrogen) atoms. The zero-order valence-electron chi connectivity index (χ0n) is 16.7. The Hall–Kier alpha value is -4.43. The van der Waals surface area contributed by atoms with Crippen LogP contribution in [0.2, 0.25) is 5.02 Å². The summed E-state index contributed by atoms with van der Waals surface area (Å²) >= 11 is 6.30. The molecule has 4 aromatic rings. The Morgan fingerprint density at radius 2 is 1.97 bits per heavy atom. The average molecular weight is 449 g/mol. The van der Waals surface area contributed by atoms with Crippen LogP contribution in [0.1, 0.15) is 24.4 Å². The van der Waals surface area contributed by atoms with E-state index in [1.807, 2.05) is 6.07 Å². The number of anilines is 4. The van der Waals surface area contributed by atoms with Crippen molar-refractivity contribution in [1.82, 2.24) is 24.5 Å². The van der Waals surface area contributed by atoms with E-state index in [4.69, 9.17) is 28.8 Å². The molecule has 0 radical (unpaired) electrons. The van der Waals surface area contributed by atoms with Gasteiger partial charge in [0.2, 0.25) is 5.95 Å². The Balaban J connectivity index is 1.95. The Kier molecular flexibility index (Phi) is 5.21. The number of pyridine rings is 1. The van der Waals surface area contributed by atoms with Crippen molar-refractivity contribution in [3.05, 3.63) is 63.4 Å². The van der Waals surface area contributed by atoms with Gasteiger partial charge in [-0.1, -0.05) is 17.7 Å². The maximum Gasteiger partial charge on any atom is 0.267 e. The van der Waals surface area contributed by atoms with Crippen LogP contribution in [0.5, 0.6) is 0 Å². The summed E-state index contributed by atoms with van der Waals surface area (Å²) in [5, 5.41) is 13.0. The molecule has 1 atom stereocenters. The lowest BCUT2D eigenvalue weighted by atomic mass is 10.2. The molecule has 0 unspecified atom stereocenters. The summed E-state index contributed by atoms with van der Waals surface area (Å²) in [5.41, 5.74) is 18.2. The van der Waals surface area contributed by atoms with Crippen LogP contribution in [-0.4, -0.2) is 24.5 Å². The third kappa shape index (κ3) is 3.59. The average Bonchev–Trinajstić information content (AvgIpc) is 2.73. The van der Waals surface area contributed by atoms with Crippen molar-refractivity contribution < 1.29 is 0 Å². The quantitative estimate of drug-likeness (QED) is 0.359. The van der Waals surface area contributed by atoms with E-state index in [2.05, 4.69) is 25.3 Å². The molecule has 0 fully saturated rings. The second-order valence-corrected chi connectivity index (χ2v) is 7.30. The highest BCUT2D eigenvalue weighted by molar-refractivity contribution is 6.35. The lowest BCUT2D eigenvalue weighted by Gasteiger charge is -2.21. The lowest BCUT2D eigenvalue weighted by Crippen LogP contribution is -2.28. The van der Waals surface area contributed by atoms with E-state index in [-0.39, 0.29) is 33.6 Å². The van der Waals surface area contributed by atoms with Crippen LogP contribution in [0.3, 0.4) is 0 Å². The number of benzene rings is 1. The lowest BCUT2D eigenvalue weighted by molar-refractivity contribution is 0.729. The number of fused-ring (bicyclic) bond motifs is 1. The Labute approximate surface area is 186 Å². The van der Waals surface area contributed by atoms with Crippen LogP contribution < -0.4 is 28.1 Å². The van der Waals surface area contributed by atoms with Crippen molar-refractivity contribution in [2.24, 2.45) is 0 Å². The molecule has 0 aliphatic heterocycles. The molecule has 160 valence electrons. The molecule has 3 heterocycles. The monoisotopic (exact) mass is 448 g/mol. The van der Waals surface area contributed by atoms with Gasteiger partial charge in [-0.05, 0) is 25.1 Å². The van der Waals surface area contributed by atoms with E-state index < -0.39 is 11.6 Å². The van der Waals surface area contributed by atoms with Crippen molar-refractivity contribution in [3.8, 4) is 11.8 Å². The van der Waals surface area contributed by atoms with Gasteiger partial charge in [-0.2, -0.15) is 15.2 Å². The van der Waals surface area contributed by atoms with E-state index in [0.29, 0.717) is 22.7 Å². The zero-order chi connectivity index (χ0) is 23.0. The smallest absolute Gasteiger partial charge is 0.267 e. The highest BCUT2D eigenvalue weighted by atomic mass is 35.5. The maximum absolute atomic E-state index is 13.5. The van der Waals surface area contributed by atoms with E-state index in [1.165, 1.54) is 17.0 Å². The van der Waals surface area contributed by atoms with Crippen molar-refractivity contribution >= 4 is 45.8 Å². The van der Waals surface area contributed by atoms with Crippen molar-refractivity contribution in [2.45, 2.75) is 13.0 Å². The molecule has 0 aliphatic rings. The first-order valence-electron chi connectivity index (χ1n) is 9.32. The summed E-state index contributed by atoms with van der Waals surface area (Å²) in [6.07, 6.45) is 2.95. The van der Waals surface area contributed by atoms with Gasteiger partial charge in [0.15, 0.2) is 5.82 Å². The number of nitriles is 1. The van der Waals surface area contributed by atoms with Gasteiger partial charge in [0.25, 0.3) is 5.56 Å². The number of hydrogen-bond acceptors (Lipinski definition) is 10. The van der Waals surface area contributed by atoms with Gasteiger partial charge in [-0.25, -0.2) is 4.98 Å². The van der Waals surface area contributed by atoms with Crippen LogP contribution in [0.15, 0.2) is 41.5 Å². The Bertz CT molecular complexity index is 1460. The van der Waals surface area contributed by atoms with E-state index >= 15 is 0 Å². The minimum Gasteiger partial charge on any atom is -0.397 e. The van der Waals surface area contributed by atoms with Gasteiger partial charge in [-0.3, -0.25) is 14.3 Å². The molecule has 0 bridgehead atoms. The van der Waals surface area contributed by atoms with Gasteiger partial charge < -0.3 is 22.5 Å². The molecule has 0 aliphatic carbocycles. The van der Waals surface area contributed by atoms with E-state index in [9.17, 15) is 10.1 Å². The largest absolute Gasteiger partial charge is 0.397 e. The molecule has 7 N–H and O–H groups in total. The maximum atomic E-state index is 13.5. The van der Waals surface area contributed by atoms with E-state index in [1.54, 1.807) is 31.2 Å². The van der Waals surface area contributed by atoms with Crippen LogP contribution in [-0.2, 0) is 0 Å². The fraction of sp³-hybridized carbons (Fsp3) is 0.100. The summed E-state index contributed by atoms with van der Waals surface area (Å²) in [5.74, 6) is 0.247. The van der Waals surface area contributed by atoms with Gasteiger partial charge in [0.1, 0.15) is 23.3 Å². The first-order valence-corrected chi connectivity index (χ1v) is 9.69. The number of hydrogen-bond donors (Lipinski definition) is 4. The molecule has 11 nitrogen and oxygen atoms in total. The van der Waals surface area contributed by atoms with Gasteiger partial charge in [0.05, 0.1) is 39.5 Å². The van der Waals surface area contributed by atoms with E-state index in [0.717, 1.165) is 0 Å². The first kappa shape index (κ1) is 20.8. The van der Waals surface area contributed by atoms with Crippen molar-refractivity contribution in [3.63, 3.8) is 0 Å². The predicted molar refractivity (Wildman–Crippen MR) is 122 cm³/mol. The number of nitrogens with one attached hydrogen (secondary N) is 1. The molecule has 0 spiro atoms. The summed E-state index contributed by atoms with van der Waals surface area (Å²) in [4.78, 5) is 30.1. The number of nitrogen functional groups attached to an aromatic ring is 3. The molecule has 3 aromatic heterocycles. The number of halogens is 1. The Morgan fingerprint density at radius 3 is 2.69 bits per heavy atom. The third-order valence-corrected chi connectivity index (χ3v) is 5.00. The van der Waals surface area contributed by atoms with Gasteiger partial charge in [-0.15, -0.1) is 0 Å². The highest BCUT2D eigenvalue weighted by Crippen LogP contribution is 2.26. The van der Waals surface area contributed by atoms with Crippen molar-refractivity contribution in [2.75, 3.05) is 22.5 Å². The number of rotatable bonds is 4.